The molecule has 2 rings (SSSR count). The van der Waals surface area contributed by atoms with Crippen molar-refractivity contribution in [2.24, 2.45) is 0 Å². The Bertz CT molecular complexity index is 362. The molecule has 0 unspecified atom stereocenters. The highest BCUT2D eigenvalue weighted by Crippen LogP contribution is 2.05. The van der Waals surface area contributed by atoms with E-state index in [1.807, 2.05) is 23.0 Å². The number of aryl methyl sites for hydroxylation is 1. The van der Waals surface area contributed by atoms with Crippen molar-refractivity contribution in [1.82, 2.24) is 9.38 Å². The predicted molar refractivity (Wildman–Crippen MR) is 44.6 cm³/mol. The summed E-state index contributed by atoms with van der Waals surface area (Å²) in [5.41, 5.74) is 2.37. The van der Waals surface area contributed by atoms with Crippen LogP contribution in [0.15, 0.2) is 30.7 Å². The van der Waals surface area contributed by atoms with Gasteiger partial charge in [-0.1, -0.05) is 6.92 Å². The van der Waals surface area contributed by atoms with Crippen LogP contribution in [0.25, 0.3) is 5.65 Å². The molecule has 2 aromatic heterocycles. The lowest BCUT2D eigenvalue weighted by Crippen LogP contribution is -1.85. The van der Waals surface area contributed by atoms with E-state index >= 15 is 0 Å². The van der Waals surface area contributed by atoms with E-state index in [0.717, 1.165) is 12.1 Å². The summed E-state index contributed by atoms with van der Waals surface area (Å²) in [6.45, 7) is 2.15. The van der Waals surface area contributed by atoms with Crippen molar-refractivity contribution in [3.8, 4) is 0 Å². The predicted octanol–water partition coefficient (Wildman–Crippen LogP) is 1.90. The van der Waals surface area contributed by atoms with Gasteiger partial charge in [-0.3, -0.25) is 0 Å². The van der Waals surface area contributed by atoms with E-state index in [0.29, 0.717) is 0 Å². The second-order valence-electron chi connectivity index (χ2n) is 2.58. The molecule has 0 aliphatic heterocycles. The Morgan fingerprint density at radius 1 is 1.45 bits per heavy atom. The molecule has 0 N–H and O–H groups in total. The minimum absolute atomic E-state index is 1.03. The Balaban J connectivity index is 2.67. The summed E-state index contributed by atoms with van der Waals surface area (Å²) in [6, 6.07) is 4.23. The third-order valence-electron chi connectivity index (χ3n) is 1.87. The highest BCUT2D eigenvalue weighted by atomic mass is 15.0. The lowest BCUT2D eigenvalue weighted by molar-refractivity contribution is 1.10. The van der Waals surface area contributed by atoms with E-state index in [9.17, 15) is 0 Å². The number of imidazole rings is 1. The van der Waals surface area contributed by atoms with Crippen LogP contribution in [0.3, 0.4) is 0 Å². The second kappa shape index (κ2) is 2.38. The first-order chi connectivity index (χ1) is 5.40. The Hall–Kier alpha value is -1.31. The van der Waals surface area contributed by atoms with E-state index in [1.165, 1.54) is 5.56 Å². The quantitative estimate of drug-likeness (QED) is 0.600. The first kappa shape index (κ1) is 6.40. The van der Waals surface area contributed by atoms with Crippen LogP contribution in [0.5, 0.6) is 0 Å². The summed E-state index contributed by atoms with van der Waals surface area (Å²) in [6.07, 6.45) is 6.88. The third kappa shape index (κ3) is 1.00. The van der Waals surface area contributed by atoms with Crippen LogP contribution in [-0.4, -0.2) is 9.38 Å². The van der Waals surface area contributed by atoms with Gasteiger partial charge in [-0.15, -0.1) is 0 Å². The SMILES string of the molecule is CCc1ccn2ccnc2c1. The zero-order valence-electron chi connectivity index (χ0n) is 6.49. The molecule has 2 heteroatoms. The molecule has 0 radical (unpaired) electrons. The first-order valence-corrected chi connectivity index (χ1v) is 3.82. The molecule has 0 amide bonds. The van der Waals surface area contributed by atoms with Crippen LogP contribution in [0.1, 0.15) is 12.5 Å². The van der Waals surface area contributed by atoms with E-state index in [-0.39, 0.29) is 0 Å². The molecule has 2 heterocycles. The van der Waals surface area contributed by atoms with Crippen molar-refractivity contribution in [1.29, 1.82) is 0 Å². The highest BCUT2D eigenvalue weighted by Gasteiger charge is 1.93. The van der Waals surface area contributed by atoms with Gasteiger partial charge in [0.1, 0.15) is 5.65 Å². The van der Waals surface area contributed by atoms with Crippen LogP contribution in [0.2, 0.25) is 0 Å². The van der Waals surface area contributed by atoms with E-state index in [2.05, 4.69) is 24.0 Å². The Morgan fingerprint density at radius 3 is 3.18 bits per heavy atom. The maximum Gasteiger partial charge on any atom is 0.136 e. The zero-order chi connectivity index (χ0) is 7.68. The van der Waals surface area contributed by atoms with Gasteiger partial charge < -0.3 is 4.40 Å². The summed E-state index contributed by atoms with van der Waals surface area (Å²) < 4.78 is 2.01. The van der Waals surface area contributed by atoms with Crippen molar-refractivity contribution in [2.45, 2.75) is 13.3 Å². The molecule has 0 fully saturated rings. The van der Waals surface area contributed by atoms with Gasteiger partial charge in [-0.05, 0) is 24.1 Å². The molecular formula is C9H10N2. The van der Waals surface area contributed by atoms with Crippen molar-refractivity contribution in [3.05, 3.63) is 36.3 Å². The molecule has 56 valence electrons. The molecule has 0 spiro atoms. The lowest BCUT2D eigenvalue weighted by atomic mass is 10.2. The molecule has 0 aliphatic rings. The summed E-state index contributed by atoms with van der Waals surface area (Å²) in [4.78, 5) is 4.19. The summed E-state index contributed by atoms with van der Waals surface area (Å²) >= 11 is 0. The number of fused-ring (bicyclic) bond motifs is 1. The monoisotopic (exact) mass is 146 g/mol. The second-order valence-corrected chi connectivity index (χ2v) is 2.58. The van der Waals surface area contributed by atoms with Crippen molar-refractivity contribution < 1.29 is 0 Å². The van der Waals surface area contributed by atoms with Gasteiger partial charge in [-0.2, -0.15) is 0 Å². The lowest BCUT2D eigenvalue weighted by Gasteiger charge is -1.96. The summed E-state index contributed by atoms with van der Waals surface area (Å²) in [5.74, 6) is 0. The Kier molecular flexibility index (Phi) is 1.39. The zero-order valence-corrected chi connectivity index (χ0v) is 6.49. The molecule has 0 aliphatic carbocycles. The van der Waals surface area contributed by atoms with Gasteiger partial charge in [0, 0.05) is 18.6 Å². The largest absolute Gasteiger partial charge is 0.307 e. The number of aromatic nitrogens is 2. The number of pyridine rings is 1. The molecule has 2 aromatic rings. The van der Waals surface area contributed by atoms with Crippen LogP contribution < -0.4 is 0 Å². The molecule has 0 atom stereocenters. The van der Waals surface area contributed by atoms with Gasteiger partial charge in [0.05, 0.1) is 0 Å². The van der Waals surface area contributed by atoms with Gasteiger partial charge in [0.15, 0.2) is 0 Å². The summed E-state index contributed by atoms with van der Waals surface area (Å²) in [5, 5.41) is 0. The molecule has 0 aromatic carbocycles. The van der Waals surface area contributed by atoms with E-state index in [1.54, 1.807) is 0 Å². The fourth-order valence-electron chi connectivity index (χ4n) is 1.17. The van der Waals surface area contributed by atoms with Crippen LogP contribution in [-0.2, 0) is 6.42 Å². The average Bonchev–Trinajstić information content (AvgIpc) is 2.50. The molecule has 0 bridgehead atoms. The van der Waals surface area contributed by atoms with E-state index in [4.69, 9.17) is 0 Å². The van der Waals surface area contributed by atoms with Crippen LogP contribution in [0, 0.1) is 0 Å². The molecule has 2 nitrogen and oxygen atoms in total. The average molecular weight is 146 g/mol. The Morgan fingerprint density at radius 2 is 2.36 bits per heavy atom. The fraction of sp³-hybridized carbons (Fsp3) is 0.222. The topological polar surface area (TPSA) is 17.3 Å². The number of hydrogen-bond acceptors (Lipinski definition) is 1. The van der Waals surface area contributed by atoms with E-state index < -0.39 is 0 Å². The number of nitrogens with zero attached hydrogens (tertiary/aromatic N) is 2. The van der Waals surface area contributed by atoms with Crippen LogP contribution >= 0.6 is 0 Å². The molecular weight excluding hydrogens is 136 g/mol. The fourth-order valence-corrected chi connectivity index (χ4v) is 1.17. The standard InChI is InChI=1S/C9H10N2/c1-2-8-3-5-11-6-4-10-9(11)7-8/h3-7H,2H2,1H3. The van der Waals surface area contributed by atoms with Crippen molar-refractivity contribution in [2.75, 3.05) is 0 Å². The van der Waals surface area contributed by atoms with Crippen LogP contribution in [0.4, 0.5) is 0 Å². The van der Waals surface area contributed by atoms with Crippen molar-refractivity contribution in [3.63, 3.8) is 0 Å². The summed E-state index contributed by atoms with van der Waals surface area (Å²) in [7, 11) is 0. The molecule has 11 heavy (non-hydrogen) atoms. The smallest absolute Gasteiger partial charge is 0.136 e. The minimum atomic E-state index is 1.03. The first-order valence-electron chi connectivity index (χ1n) is 3.82. The maximum absolute atomic E-state index is 4.19. The minimum Gasteiger partial charge on any atom is -0.307 e. The number of rotatable bonds is 1. The van der Waals surface area contributed by atoms with Gasteiger partial charge >= 0.3 is 0 Å². The maximum atomic E-state index is 4.19. The third-order valence-corrected chi connectivity index (χ3v) is 1.87. The molecule has 0 saturated heterocycles. The van der Waals surface area contributed by atoms with Gasteiger partial charge in [-0.25, -0.2) is 4.98 Å². The van der Waals surface area contributed by atoms with Gasteiger partial charge in [0.25, 0.3) is 0 Å². The normalized spacial score (nSPS) is 10.6. The Labute approximate surface area is 65.5 Å². The molecule has 0 saturated carbocycles. The van der Waals surface area contributed by atoms with Gasteiger partial charge in [0.2, 0.25) is 0 Å². The number of hydrogen-bond donors (Lipinski definition) is 0. The van der Waals surface area contributed by atoms with Crippen molar-refractivity contribution >= 4 is 5.65 Å². The highest BCUT2D eigenvalue weighted by molar-refractivity contribution is 5.40.